The lowest BCUT2D eigenvalue weighted by atomic mass is 10.0. The smallest absolute Gasteiger partial charge is 0.0123 e. The Morgan fingerprint density at radius 2 is 1.41 bits per heavy atom. The number of rotatable bonds is 6. The fourth-order valence-corrected chi connectivity index (χ4v) is 12.7. The van der Waals surface area contributed by atoms with Crippen LogP contribution in [-0.4, -0.2) is 22.6 Å². The van der Waals surface area contributed by atoms with Crippen molar-refractivity contribution in [3.63, 3.8) is 0 Å². The SMILES string of the molecule is CCP(C1CCCC1[C@@H](C)P(c1ccccc1C)c1ccccc1C)C(C)(C)C. The molecule has 29 heavy (non-hydrogen) atoms. The van der Waals surface area contributed by atoms with Gasteiger partial charge in [0.15, 0.2) is 0 Å². The molecule has 158 valence electrons. The summed E-state index contributed by atoms with van der Waals surface area (Å²) in [6, 6.07) is 18.4. The van der Waals surface area contributed by atoms with Crippen LogP contribution in [0.3, 0.4) is 0 Å². The molecule has 0 aromatic heterocycles. The first-order valence-electron chi connectivity index (χ1n) is 11.4. The standard InChI is InChI=1S/C27H40P2/c1-8-28(27(5,6)7)26-19-13-16-23(26)22(4)29(24-17-11-9-14-20(24)2)25-18-12-10-15-21(25)3/h9-12,14-15,17-18,22-23,26H,8,13,16,19H2,1-7H3/t22-,23?,26?,28?/m1/s1. The zero-order chi connectivity index (χ0) is 21.2. The third-order valence-corrected chi connectivity index (χ3v) is 14.0. The highest BCUT2D eigenvalue weighted by Gasteiger charge is 2.42. The van der Waals surface area contributed by atoms with Crippen molar-refractivity contribution in [1.82, 2.24) is 0 Å². The van der Waals surface area contributed by atoms with Gasteiger partial charge in [-0.3, -0.25) is 0 Å². The number of aryl methyl sites for hydroxylation is 2. The van der Waals surface area contributed by atoms with Crippen molar-refractivity contribution < 1.29 is 0 Å². The summed E-state index contributed by atoms with van der Waals surface area (Å²) in [4.78, 5) is 0. The highest BCUT2D eigenvalue weighted by atomic mass is 31.1. The van der Waals surface area contributed by atoms with Crippen LogP contribution < -0.4 is 10.6 Å². The van der Waals surface area contributed by atoms with Crippen LogP contribution in [0.5, 0.6) is 0 Å². The maximum Gasteiger partial charge on any atom is -0.0123 e. The summed E-state index contributed by atoms with van der Waals surface area (Å²) in [6.45, 7) is 17.2. The fourth-order valence-electron chi connectivity index (χ4n) is 5.55. The molecule has 0 spiro atoms. The molecule has 1 aliphatic rings. The summed E-state index contributed by atoms with van der Waals surface area (Å²) in [5, 5.41) is 3.67. The Morgan fingerprint density at radius 1 is 0.897 bits per heavy atom. The molecular formula is C27H40P2. The second-order valence-electron chi connectivity index (χ2n) is 9.80. The van der Waals surface area contributed by atoms with Gasteiger partial charge < -0.3 is 0 Å². The monoisotopic (exact) mass is 426 g/mol. The van der Waals surface area contributed by atoms with Crippen LogP contribution in [0.4, 0.5) is 0 Å². The van der Waals surface area contributed by atoms with E-state index in [0.717, 1.165) is 17.2 Å². The average molecular weight is 427 g/mol. The van der Waals surface area contributed by atoms with Crippen LogP contribution in [0.2, 0.25) is 0 Å². The minimum atomic E-state index is -0.347. The van der Waals surface area contributed by atoms with Gasteiger partial charge in [0.05, 0.1) is 0 Å². The Bertz CT molecular complexity index is 759. The highest BCUT2D eigenvalue weighted by Crippen LogP contribution is 2.62. The molecule has 1 aliphatic carbocycles. The van der Waals surface area contributed by atoms with Gasteiger partial charge in [0.2, 0.25) is 0 Å². The van der Waals surface area contributed by atoms with Gasteiger partial charge in [0.1, 0.15) is 0 Å². The van der Waals surface area contributed by atoms with E-state index >= 15 is 0 Å². The van der Waals surface area contributed by atoms with Crippen molar-refractivity contribution in [2.24, 2.45) is 5.92 Å². The van der Waals surface area contributed by atoms with Gasteiger partial charge in [-0.05, 0) is 84.9 Å². The van der Waals surface area contributed by atoms with Crippen LogP contribution in [0.15, 0.2) is 48.5 Å². The molecule has 1 saturated carbocycles. The molecule has 4 atom stereocenters. The number of benzene rings is 2. The van der Waals surface area contributed by atoms with E-state index in [0.29, 0.717) is 5.16 Å². The Hall–Kier alpha value is -0.700. The second kappa shape index (κ2) is 9.62. The van der Waals surface area contributed by atoms with E-state index < -0.39 is 0 Å². The Balaban J connectivity index is 2.04. The predicted molar refractivity (Wildman–Crippen MR) is 136 cm³/mol. The van der Waals surface area contributed by atoms with Crippen molar-refractivity contribution in [1.29, 1.82) is 0 Å². The molecule has 0 amide bonds. The third-order valence-electron chi connectivity index (χ3n) is 6.91. The van der Waals surface area contributed by atoms with Crippen molar-refractivity contribution in [2.45, 2.75) is 84.2 Å². The summed E-state index contributed by atoms with van der Waals surface area (Å²) >= 11 is 0. The molecule has 2 heteroatoms. The van der Waals surface area contributed by atoms with E-state index in [1.807, 2.05) is 0 Å². The molecule has 0 N–H and O–H groups in total. The van der Waals surface area contributed by atoms with E-state index in [1.165, 1.54) is 36.6 Å². The molecule has 2 aromatic carbocycles. The maximum absolute atomic E-state index is 2.60. The van der Waals surface area contributed by atoms with Gasteiger partial charge in [-0.25, -0.2) is 0 Å². The van der Waals surface area contributed by atoms with Crippen LogP contribution >= 0.6 is 15.8 Å². The van der Waals surface area contributed by atoms with Gasteiger partial charge in [0, 0.05) is 0 Å². The zero-order valence-electron chi connectivity index (χ0n) is 19.6. The second-order valence-corrected chi connectivity index (χ2v) is 15.9. The van der Waals surface area contributed by atoms with Gasteiger partial charge in [0.25, 0.3) is 0 Å². The topological polar surface area (TPSA) is 0 Å². The minimum Gasteiger partial charge on any atom is -0.0980 e. The van der Waals surface area contributed by atoms with Crippen molar-refractivity contribution >= 4 is 26.5 Å². The van der Waals surface area contributed by atoms with E-state index in [2.05, 4.69) is 97.0 Å². The van der Waals surface area contributed by atoms with E-state index in [1.54, 1.807) is 10.6 Å². The summed E-state index contributed by atoms with van der Waals surface area (Å²) in [5.74, 6) is 0.866. The molecule has 1 fully saturated rings. The molecule has 0 heterocycles. The van der Waals surface area contributed by atoms with Gasteiger partial charge >= 0.3 is 0 Å². The first-order valence-corrected chi connectivity index (χ1v) is 14.4. The van der Waals surface area contributed by atoms with Crippen molar-refractivity contribution in [2.75, 3.05) is 6.16 Å². The Kier molecular flexibility index (Phi) is 7.62. The summed E-state index contributed by atoms with van der Waals surface area (Å²) in [6.07, 6.45) is 5.69. The van der Waals surface area contributed by atoms with E-state index in [-0.39, 0.29) is 15.8 Å². The fraction of sp³-hybridized carbons (Fsp3) is 0.556. The quantitative estimate of drug-likeness (QED) is 0.417. The van der Waals surface area contributed by atoms with E-state index in [9.17, 15) is 0 Å². The van der Waals surface area contributed by atoms with Gasteiger partial charge in [-0.2, -0.15) is 0 Å². The predicted octanol–water partition coefficient (Wildman–Crippen LogP) is 7.59. The first-order chi connectivity index (χ1) is 13.8. The van der Waals surface area contributed by atoms with Crippen molar-refractivity contribution in [3.05, 3.63) is 59.7 Å². The average Bonchev–Trinajstić information content (AvgIpc) is 3.13. The molecule has 0 nitrogen and oxygen atoms in total. The lowest BCUT2D eigenvalue weighted by Gasteiger charge is -2.42. The lowest BCUT2D eigenvalue weighted by Crippen LogP contribution is -2.33. The lowest BCUT2D eigenvalue weighted by molar-refractivity contribution is 0.540. The third kappa shape index (κ3) is 4.97. The Morgan fingerprint density at radius 3 is 1.86 bits per heavy atom. The zero-order valence-corrected chi connectivity index (χ0v) is 21.4. The molecule has 0 bridgehead atoms. The molecule has 0 radical (unpaired) electrons. The first kappa shape index (κ1) is 23.0. The number of hydrogen-bond acceptors (Lipinski definition) is 0. The molecule has 2 aromatic rings. The largest absolute Gasteiger partial charge is 0.0980 e. The normalized spacial score (nSPS) is 22.1. The summed E-state index contributed by atoms with van der Waals surface area (Å²) < 4.78 is 0. The number of hydrogen-bond donors (Lipinski definition) is 0. The molecular weight excluding hydrogens is 386 g/mol. The van der Waals surface area contributed by atoms with E-state index in [4.69, 9.17) is 0 Å². The molecule has 3 rings (SSSR count). The van der Waals surface area contributed by atoms with Crippen molar-refractivity contribution in [3.8, 4) is 0 Å². The van der Waals surface area contributed by atoms with Crippen LogP contribution in [0, 0.1) is 19.8 Å². The van der Waals surface area contributed by atoms with Crippen LogP contribution in [0.25, 0.3) is 0 Å². The summed E-state index contributed by atoms with van der Waals surface area (Å²) in [5.41, 5.74) is 4.61. The summed E-state index contributed by atoms with van der Waals surface area (Å²) in [7, 11) is -0.287. The Labute approximate surface area is 182 Å². The maximum atomic E-state index is 2.60. The van der Waals surface area contributed by atoms with Gasteiger partial charge in [-0.15, -0.1) is 0 Å². The molecule has 0 aliphatic heterocycles. The molecule has 0 saturated heterocycles. The minimum absolute atomic E-state index is 0.0601. The van der Waals surface area contributed by atoms with Crippen LogP contribution in [0.1, 0.15) is 65.0 Å². The van der Waals surface area contributed by atoms with Crippen LogP contribution in [-0.2, 0) is 0 Å². The van der Waals surface area contributed by atoms with Gasteiger partial charge in [-0.1, -0.05) is 97.5 Å². The molecule has 3 unspecified atom stereocenters. The highest BCUT2D eigenvalue weighted by molar-refractivity contribution is 7.73.